The summed E-state index contributed by atoms with van der Waals surface area (Å²) in [5, 5.41) is 2.52. The highest BCUT2D eigenvalue weighted by Gasteiger charge is 2.20. The van der Waals surface area contributed by atoms with Gasteiger partial charge in [0, 0.05) is 14.1 Å². The lowest BCUT2D eigenvalue weighted by Crippen LogP contribution is -2.24. The highest BCUT2D eigenvalue weighted by Crippen LogP contribution is 2.28. The third-order valence-electron chi connectivity index (χ3n) is 4.13. The summed E-state index contributed by atoms with van der Waals surface area (Å²) >= 11 is 0. The molecule has 2 rings (SSSR count). The summed E-state index contributed by atoms with van der Waals surface area (Å²) < 4.78 is 35.7. The van der Waals surface area contributed by atoms with E-state index in [1.54, 1.807) is 0 Å². The maximum Gasteiger partial charge on any atom is 0.306 e. The summed E-state index contributed by atoms with van der Waals surface area (Å²) in [7, 11) is 0.565. The molecule has 0 aliphatic heterocycles. The maximum atomic E-state index is 12.2. The molecule has 0 heterocycles. The zero-order valence-electron chi connectivity index (χ0n) is 15.6. The molecule has 1 aliphatic carbocycles. The average Bonchev–Trinajstić information content (AvgIpc) is 3.12. The number of ether oxygens (including phenoxy) is 2. The summed E-state index contributed by atoms with van der Waals surface area (Å²) in [6.45, 7) is -0.455. The lowest BCUT2D eigenvalue weighted by Gasteiger charge is -2.15. The fourth-order valence-electron chi connectivity index (χ4n) is 2.63. The number of sulfonamides is 1. The van der Waals surface area contributed by atoms with E-state index in [-0.39, 0.29) is 22.9 Å². The number of esters is 1. The van der Waals surface area contributed by atoms with Crippen LogP contribution >= 0.6 is 0 Å². The van der Waals surface area contributed by atoms with Gasteiger partial charge in [-0.05, 0) is 37.0 Å². The number of anilines is 1. The van der Waals surface area contributed by atoms with Crippen LogP contribution in [0.2, 0.25) is 0 Å². The summed E-state index contributed by atoms with van der Waals surface area (Å²) in [4.78, 5) is 23.9. The zero-order valence-corrected chi connectivity index (χ0v) is 16.4. The van der Waals surface area contributed by atoms with E-state index in [9.17, 15) is 18.0 Å². The molecule has 0 fully saturated rings. The molecule has 8 nitrogen and oxygen atoms in total. The normalized spacial score (nSPS) is 16.4. The molecule has 1 aliphatic rings. The Kier molecular flexibility index (Phi) is 6.98. The number of methoxy groups -OCH3 is 1. The number of carbonyl (C=O) groups is 2. The number of rotatable bonds is 8. The molecule has 0 saturated heterocycles. The fourth-order valence-corrected chi connectivity index (χ4v) is 3.56. The molecule has 0 radical (unpaired) electrons. The third kappa shape index (κ3) is 5.54. The number of amides is 1. The number of allylic oxidation sites excluding steroid dienone is 2. The van der Waals surface area contributed by atoms with E-state index in [4.69, 9.17) is 9.47 Å². The molecule has 1 aromatic rings. The molecule has 0 bridgehead atoms. The van der Waals surface area contributed by atoms with Crippen LogP contribution in [0, 0.1) is 5.92 Å². The Morgan fingerprint density at radius 1 is 1.30 bits per heavy atom. The van der Waals surface area contributed by atoms with Crippen LogP contribution in [0.25, 0.3) is 0 Å². The number of carbonyl (C=O) groups excluding carboxylic acids is 2. The minimum Gasteiger partial charge on any atom is -0.495 e. The van der Waals surface area contributed by atoms with Crippen LogP contribution in [0.15, 0.2) is 35.2 Å². The van der Waals surface area contributed by atoms with Crippen molar-refractivity contribution in [1.82, 2.24) is 4.31 Å². The van der Waals surface area contributed by atoms with E-state index in [1.807, 2.05) is 12.2 Å². The summed E-state index contributed by atoms with van der Waals surface area (Å²) in [6, 6.07) is 4.14. The van der Waals surface area contributed by atoms with E-state index in [2.05, 4.69) is 5.32 Å². The molecular formula is C18H24N2O6S. The highest BCUT2D eigenvalue weighted by atomic mass is 32.2. The number of benzene rings is 1. The van der Waals surface area contributed by atoms with Crippen molar-refractivity contribution in [3.8, 4) is 5.75 Å². The van der Waals surface area contributed by atoms with Crippen molar-refractivity contribution in [2.24, 2.45) is 5.92 Å². The minimum atomic E-state index is -3.66. The van der Waals surface area contributed by atoms with Gasteiger partial charge >= 0.3 is 5.97 Å². The number of nitrogens with zero attached hydrogens (tertiary/aromatic N) is 1. The zero-order chi connectivity index (χ0) is 20.0. The van der Waals surface area contributed by atoms with E-state index < -0.39 is 28.5 Å². The van der Waals surface area contributed by atoms with Crippen molar-refractivity contribution in [3.05, 3.63) is 30.4 Å². The van der Waals surface area contributed by atoms with Gasteiger partial charge in [-0.2, -0.15) is 0 Å². The Morgan fingerprint density at radius 3 is 2.63 bits per heavy atom. The Hall–Kier alpha value is -2.39. The SMILES string of the molecule is COc1ccc(S(=O)(=O)N(C)C)cc1NC(=O)COC(=O)C[C@@H]1C=CCC1. The van der Waals surface area contributed by atoms with Gasteiger partial charge in [-0.3, -0.25) is 9.59 Å². The topological polar surface area (TPSA) is 102 Å². The summed E-state index contributed by atoms with van der Waals surface area (Å²) in [5.74, 6) is -0.572. The fraction of sp³-hybridized carbons (Fsp3) is 0.444. The highest BCUT2D eigenvalue weighted by molar-refractivity contribution is 7.89. The standard InChI is InChI=1S/C18H24N2O6S/c1-20(2)27(23,24)14-8-9-16(25-3)15(11-14)19-17(21)12-26-18(22)10-13-6-4-5-7-13/h4,6,8-9,11,13H,5,7,10,12H2,1-3H3,(H,19,21)/t13-/m1/s1. The second-order valence-corrected chi connectivity index (χ2v) is 8.48. The Bertz CT molecular complexity index is 832. The molecule has 1 aromatic carbocycles. The van der Waals surface area contributed by atoms with Crippen LogP contribution in [0.4, 0.5) is 5.69 Å². The van der Waals surface area contributed by atoms with Crippen molar-refractivity contribution >= 4 is 27.6 Å². The molecule has 1 amide bonds. The van der Waals surface area contributed by atoms with Crippen molar-refractivity contribution < 1.29 is 27.5 Å². The smallest absolute Gasteiger partial charge is 0.306 e. The van der Waals surface area contributed by atoms with Crippen molar-refractivity contribution in [2.45, 2.75) is 24.2 Å². The maximum absolute atomic E-state index is 12.2. The molecule has 27 heavy (non-hydrogen) atoms. The van der Waals surface area contributed by atoms with E-state index in [0.29, 0.717) is 5.75 Å². The van der Waals surface area contributed by atoms with Crippen LogP contribution in [0.5, 0.6) is 5.75 Å². The van der Waals surface area contributed by atoms with Gasteiger partial charge in [-0.25, -0.2) is 12.7 Å². The van der Waals surface area contributed by atoms with Crippen molar-refractivity contribution in [3.63, 3.8) is 0 Å². The molecule has 0 spiro atoms. The van der Waals surface area contributed by atoms with Crippen LogP contribution < -0.4 is 10.1 Å². The van der Waals surface area contributed by atoms with Gasteiger partial charge in [-0.15, -0.1) is 0 Å². The van der Waals surface area contributed by atoms with Crippen LogP contribution in [-0.4, -0.2) is 52.4 Å². The van der Waals surface area contributed by atoms with Gasteiger partial charge in [0.05, 0.1) is 24.1 Å². The van der Waals surface area contributed by atoms with Gasteiger partial charge in [0.25, 0.3) is 5.91 Å². The molecule has 9 heteroatoms. The largest absolute Gasteiger partial charge is 0.495 e. The van der Waals surface area contributed by atoms with Gasteiger partial charge in [0.15, 0.2) is 6.61 Å². The second-order valence-electron chi connectivity index (χ2n) is 6.33. The molecule has 148 valence electrons. The first kappa shape index (κ1) is 20.9. The molecule has 0 saturated carbocycles. The van der Waals surface area contributed by atoms with Crippen LogP contribution in [0.3, 0.4) is 0 Å². The Morgan fingerprint density at radius 2 is 2.04 bits per heavy atom. The summed E-state index contributed by atoms with van der Waals surface area (Å²) in [5.41, 5.74) is 0.181. The van der Waals surface area contributed by atoms with E-state index >= 15 is 0 Å². The second kappa shape index (κ2) is 9.01. The lowest BCUT2D eigenvalue weighted by atomic mass is 10.1. The Labute approximate surface area is 159 Å². The first-order valence-electron chi connectivity index (χ1n) is 8.46. The van der Waals surface area contributed by atoms with Gasteiger partial charge in [-0.1, -0.05) is 12.2 Å². The Balaban J connectivity index is 2.01. The molecule has 0 unspecified atom stereocenters. The lowest BCUT2D eigenvalue weighted by molar-refractivity contribution is -0.147. The average molecular weight is 396 g/mol. The first-order chi connectivity index (χ1) is 12.7. The number of nitrogens with one attached hydrogen (secondary N) is 1. The molecule has 0 aromatic heterocycles. The minimum absolute atomic E-state index is 0.00798. The first-order valence-corrected chi connectivity index (χ1v) is 9.90. The van der Waals surface area contributed by atoms with Crippen molar-refractivity contribution in [1.29, 1.82) is 0 Å². The van der Waals surface area contributed by atoms with E-state index in [0.717, 1.165) is 17.1 Å². The van der Waals surface area contributed by atoms with Gasteiger partial charge in [0.1, 0.15) is 5.75 Å². The monoisotopic (exact) mass is 396 g/mol. The predicted molar refractivity (Wildman–Crippen MR) is 99.9 cm³/mol. The quantitative estimate of drug-likeness (QED) is 0.531. The molecule has 1 atom stereocenters. The van der Waals surface area contributed by atoms with Gasteiger partial charge in [0.2, 0.25) is 10.0 Å². The van der Waals surface area contributed by atoms with E-state index in [1.165, 1.54) is 39.4 Å². The molecule has 1 N–H and O–H groups in total. The predicted octanol–water partition coefficient (Wildman–Crippen LogP) is 1.78. The van der Waals surface area contributed by atoms with Crippen LogP contribution in [0.1, 0.15) is 19.3 Å². The number of hydrogen-bond donors (Lipinski definition) is 1. The summed E-state index contributed by atoms with van der Waals surface area (Å²) in [6.07, 6.45) is 6.09. The third-order valence-corrected chi connectivity index (χ3v) is 5.94. The van der Waals surface area contributed by atoms with Crippen LogP contribution in [-0.2, 0) is 24.3 Å². The van der Waals surface area contributed by atoms with Crippen molar-refractivity contribution in [2.75, 3.05) is 33.1 Å². The number of hydrogen-bond acceptors (Lipinski definition) is 6. The van der Waals surface area contributed by atoms with Gasteiger partial charge < -0.3 is 14.8 Å². The molecular weight excluding hydrogens is 372 g/mol.